The van der Waals surface area contributed by atoms with Gasteiger partial charge >= 0.3 is 0 Å². The van der Waals surface area contributed by atoms with E-state index >= 15 is 0 Å². The summed E-state index contributed by atoms with van der Waals surface area (Å²) in [5, 5.41) is 18.5. The van der Waals surface area contributed by atoms with Crippen LogP contribution in [0.5, 0.6) is 11.5 Å². The number of ketones is 1. The van der Waals surface area contributed by atoms with Crippen LogP contribution in [0.3, 0.4) is 0 Å². The molecule has 2 unspecified atom stereocenters. The normalized spacial score (nSPS) is 20.2. The third-order valence-electron chi connectivity index (χ3n) is 6.14. The largest absolute Gasteiger partial charge is 0.504 e. The van der Waals surface area contributed by atoms with Crippen LogP contribution in [0.25, 0.3) is 0 Å². The van der Waals surface area contributed by atoms with E-state index in [2.05, 4.69) is 10.5 Å². The van der Waals surface area contributed by atoms with Crippen LogP contribution >= 0.6 is 11.6 Å². The van der Waals surface area contributed by atoms with Crippen LogP contribution in [-0.2, 0) is 4.79 Å². The molecule has 0 saturated heterocycles. The molecule has 0 radical (unpaired) electrons. The standard InChI is InChI=1S/C24H21ClN2O4/c1-12-21-22(14-5-8-20(30-2)18(28)10-14)23-17(26-24(21)31-27-12)9-15(11-19(23)29)13-3-6-16(25)7-4-13/h3-8,10,15,22,26,28H,9,11H2,1-2H3. The van der Waals surface area contributed by atoms with Crippen LogP contribution < -0.4 is 10.1 Å². The van der Waals surface area contributed by atoms with E-state index in [0.717, 1.165) is 22.4 Å². The summed E-state index contributed by atoms with van der Waals surface area (Å²) >= 11 is 6.03. The maximum absolute atomic E-state index is 13.5. The number of aromatic nitrogens is 1. The topological polar surface area (TPSA) is 84.6 Å². The van der Waals surface area contributed by atoms with Crippen molar-refractivity contribution in [3.05, 3.63) is 81.1 Å². The minimum absolute atomic E-state index is 0.0265. The number of carbonyl (C=O) groups is 1. The molecule has 2 aromatic carbocycles. The highest BCUT2D eigenvalue weighted by Gasteiger charge is 2.41. The summed E-state index contributed by atoms with van der Waals surface area (Å²) in [7, 11) is 1.50. The van der Waals surface area contributed by atoms with Crippen LogP contribution in [0.1, 0.15) is 47.1 Å². The number of nitrogens with one attached hydrogen (secondary N) is 1. The highest BCUT2D eigenvalue weighted by Crippen LogP contribution is 2.49. The summed E-state index contributed by atoms with van der Waals surface area (Å²) < 4.78 is 10.7. The fourth-order valence-electron chi connectivity index (χ4n) is 4.66. The van der Waals surface area contributed by atoms with Crippen molar-refractivity contribution in [2.45, 2.75) is 31.6 Å². The quantitative estimate of drug-likeness (QED) is 0.578. The smallest absolute Gasteiger partial charge is 0.233 e. The minimum Gasteiger partial charge on any atom is -0.504 e. The van der Waals surface area contributed by atoms with E-state index in [0.29, 0.717) is 40.8 Å². The zero-order valence-corrected chi connectivity index (χ0v) is 17.9. The van der Waals surface area contributed by atoms with E-state index in [1.807, 2.05) is 37.3 Å². The van der Waals surface area contributed by atoms with Crippen LogP contribution in [0.15, 0.2) is 58.3 Å². The summed E-state index contributed by atoms with van der Waals surface area (Å²) in [6.45, 7) is 1.86. The van der Waals surface area contributed by atoms with Gasteiger partial charge in [0.1, 0.15) is 0 Å². The van der Waals surface area contributed by atoms with E-state index in [1.165, 1.54) is 7.11 Å². The van der Waals surface area contributed by atoms with E-state index in [4.69, 9.17) is 20.9 Å². The molecule has 0 bridgehead atoms. The van der Waals surface area contributed by atoms with Crippen molar-refractivity contribution < 1.29 is 19.2 Å². The van der Waals surface area contributed by atoms with Gasteiger partial charge in [0, 0.05) is 28.6 Å². The predicted octanol–water partition coefficient (Wildman–Crippen LogP) is 5.31. The van der Waals surface area contributed by atoms with Gasteiger partial charge in [0.2, 0.25) is 5.88 Å². The molecule has 0 fully saturated rings. The molecule has 2 N–H and O–H groups in total. The molecule has 158 valence electrons. The first-order chi connectivity index (χ1) is 15.0. The molecule has 1 aliphatic heterocycles. The lowest BCUT2D eigenvalue weighted by Crippen LogP contribution is -2.29. The number of phenolic OH excluding ortho intramolecular Hbond substituents is 1. The van der Waals surface area contributed by atoms with Gasteiger partial charge in [0.15, 0.2) is 17.3 Å². The van der Waals surface area contributed by atoms with Gasteiger partial charge in [-0.05, 0) is 54.7 Å². The van der Waals surface area contributed by atoms with Crippen LogP contribution in [-0.4, -0.2) is 23.2 Å². The minimum atomic E-state index is -0.368. The Hall–Kier alpha value is -3.25. The highest BCUT2D eigenvalue weighted by molar-refractivity contribution is 6.30. The van der Waals surface area contributed by atoms with Crippen molar-refractivity contribution in [3.8, 4) is 11.5 Å². The number of rotatable bonds is 3. The van der Waals surface area contributed by atoms with Crippen LogP contribution in [0.4, 0.5) is 5.88 Å². The maximum atomic E-state index is 13.5. The Kier molecular flexibility index (Phi) is 4.74. The molecule has 31 heavy (non-hydrogen) atoms. The molecule has 0 spiro atoms. The molecule has 0 saturated carbocycles. The number of anilines is 1. The number of nitrogens with zero attached hydrogens (tertiary/aromatic N) is 1. The van der Waals surface area contributed by atoms with Crippen molar-refractivity contribution in [2.75, 3.05) is 12.4 Å². The van der Waals surface area contributed by atoms with E-state index in [-0.39, 0.29) is 23.4 Å². The van der Waals surface area contributed by atoms with Crippen molar-refractivity contribution in [3.63, 3.8) is 0 Å². The number of benzene rings is 2. The number of hydrogen-bond donors (Lipinski definition) is 2. The number of halogens is 1. The SMILES string of the molecule is COc1ccc(C2C3=C(CC(c4ccc(Cl)cc4)CC3=O)Nc3onc(C)c32)cc1O. The molecule has 2 atom stereocenters. The van der Waals surface area contributed by atoms with Gasteiger partial charge in [0.25, 0.3) is 0 Å². The summed E-state index contributed by atoms with van der Waals surface area (Å²) in [5.74, 6) is 0.700. The number of aryl methyl sites for hydroxylation is 1. The number of Topliss-reactive ketones (excluding diaryl/α,β-unsaturated/α-hetero) is 1. The third-order valence-corrected chi connectivity index (χ3v) is 6.39. The Morgan fingerprint density at radius 1 is 1.16 bits per heavy atom. The molecular weight excluding hydrogens is 416 g/mol. The first kappa shape index (κ1) is 19.7. The third kappa shape index (κ3) is 3.27. The zero-order chi connectivity index (χ0) is 21.7. The molecule has 2 aliphatic rings. The van der Waals surface area contributed by atoms with Gasteiger partial charge in [0.05, 0.1) is 18.4 Å². The van der Waals surface area contributed by atoms with Crippen molar-refractivity contribution in [1.29, 1.82) is 0 Å². The van der Waals surface area contributed by atoms with Gasteiger partial charge in [-0.25, -0.2) is 0 Å². The Balaban J connectivity index is 1.61. The Morgan fingerprint density at radius 3 is 2.61 bits per heavy atom. The van der Waals surface area contributed by atoms with E-state index in [9.17, 15) is 9.90 Å². The molecule has 1 aliphatic carbocycles. The maximum Gasteiger partial charge on any atom is 0.233 e. The monoisotopic (exact) mass is 436 g/mol. The second-order valence-corrected chi connectivity index (χ2v) is 8.41. The second kappa shape index (κ2) is 7.46. The average Bonchev–Trinajstić information content (AvgIpc) is 3.13. The number of methoxy groups -OCH3 is 1. The lowest BCUT2D eigenvalue weighted by atomic mass is 9.72. The number of aromatic hydroxyl groups is 1. The summed E-state index contributed by atoms with van der Waals surface area (Å²) in [5.41, 5.74) is 4.93. The van der Waals surface area contributed by atoms with E-state index in [1.54, 1.807) is 12.1 Å². The Bertz CT molecular complexity index is 1210. The number of ether oxygens (including phenoxy) is 1. The average molecular weight is 437 g/mol. The predicted molar refractivity (Wildman–Crippen MR) is 117 cm³/mol. The highest BCUT2D eigenvalue weighted by atomic mass is 35.5. The molecular formula is C24H21ClN2O4. The summed E-state index contributed by atoms with van der Waals surface area (Å²) in [6.07, 6.45) is 1.07. The number of phenols is 1. The number of hydrogen-bond acceptors (Lipinski definition) is 6. The molecule has 0 amide bonds. The first-order valence-electron chi connectivity index (χ1n) is 10.1. The lowest BCUT2D eigenvalue weighted by molar-refractivity contribution is -0.116. The fraction of sp³-hybridized carbons (Fsp3) is 0.250. The molecule has 7 heteroatoms. The van der Waals surface area contributed by atoms with Crippen molar-refractivity contribution in [1.82, 2.24) is 5.16 Å². The van der Waals surface area contributed by atoms with Crippen molar-refractivity contribution in [2.24, 2.45) is 0 Å². The van der Waals surface area contributed by atoms with Crippen molar-refractivity contribution >= 4 is 23.3 Å². The second-order valence-electron chi connectivity index (χ2n) is 7.97. The lowest BCUT2D eigenvalue weighted by Gasteiger charge is -2.34. The molecule has 3 aromatic rings. The van der Waals surface area contributed by atoms with Gasteiger partial charge in [-0.15, -0.1) is 0 Å². The molecule has 1 aromatic heterocycles. The zero-order valence-electron chi connectivity index (χ0n) is 17.1. The Labute approximate surface area is 184 Å². The first-order valence-corrected chi connectivity index (χ1v) is 10.5. The molecule has 5 rings (SSSR count). The summed E-state index contributed by atoms with van der Waals surface area (Å²) in [6, 6.07) is 12.9. The number of carbonyl (C=O) groups excluding carboxylic acids is 1. The number of allylic oxidation sites excluding steroid dienone is 2. The van der Waals surface area contributed by atoms with E-state index < -0.39 is 0 Å². The fourth-order valence-corrected chi connectivity index (χ4v) is 4.79. The van der Waals surface area contributed by atoms with Gasteiger partial charge < -0.3 is 19.7 Å². The summed E-state index contributed by atoms with van der Waals surface area (Å²) in [4.78, 5) is 13.5. The van der Waals surface area contributed by atoms with Crippen LogP contribution in [0.2, 0.25) is 5.02 Å². The van der Waals surface area contributed by atoms with Gasteiger partial charge in [-0.3, -0.25) is 4.79 Å². The number of fused-ring (bicyclic) bond motifs is 1. The van der Waals surface area contributed by atoms with Crippen LogP contribution in [0, 0.1) is 6.92 Å². The van der Waals surface area contributed by atoms with Gasteiger partial charge in [-0.2, -0.15) is 0 Å². The van der Waals surface area contributed by atoms with Gasteiger partial charge in [-0.1, -0.05) is 35.0 Å². The Morgan fingerprint density at radius 2 is 1.90 bits per heavy atom. The molecule has 2 heterocycles. The molecule has 6 nitrogen and oxygen atoms in total.